The van der Waals surface area contributed by atoms with E-state index in [-0.39, 0.29) is 5.78 Å². The standard InChI is InChI=1S/C19H18O4/c1-21-15-4-5-18-13(10-15)9-14(19(18)20)6-12-7-16(22-2)11-17(8-12)23-3/h4-8,10-11H,9H2,1-3H3. The maximum Gasteiger partial charge on any atom is 0.189 e. The molecular weight excluding hydrogens is 292 g/mol. The molecule has 118 valence electrons. The quantitative estimate of drug-likeness (QED) is 0.810. The topological polar surface area (TPSA) is 44.8 Å². The Hall–Kier alpha value is -2.75. The van der Waals surface area contributed by atoms with E-state index in [4.69, 9.17) is 14.2 Å². The van der Waals surface area contributed by atoms with E-state index in [1.165, 1.54) is 0 Å². The Morgan fingerprint density at radius 1 is 0.870 bits per heavy atom. The second-order valence-corrected chi connectivity index (χ2v) is 5.34. The van der Waals surface area contributed by atoms with Crippen LogP contribution < -0.4 is 14.2 Å². The minimum atomic E-state index is 0.0597. The first kappa shape index (κ1) is 15.2. The van der Waals surface area contributed by atoms with E-state index >= 15 is 0 Å². The molecule has 0 aliphatic heterocycles. The molecule has 0 spiro atoms. The molecule has 0 saturated heterocycles. The number of hydrogen-bond acceptors (Lipinski definition) is 4. The van der Waals surface area contributed by atoms with Gasteiger partial charge in [-0.2, -0.15) is 0 Å². The van der Waals surface area contributed by atoms with Crippen molar-refractivity contribution < 1.29 is 19.0 Å². The fraction of sp³-hybridized carbons (Fsp3) is 0.211. The van der Waals surface area contributed by atoms with Crippen LogP contribution in [0, 0.1) is 0 Å². The van der Waals surface area contributed by atoms with Crippen molar-refractivity contribution in [1.29, 1.82) is 0 Å². The van der Waals surface area contributed by atoms with Gasteiger partial charge in [0, 0.05) is 23.6 Å². The van der Waals surface area contributed by atoms with Gasteiger partial charge in [-0.15, -0.1) is 0 Å². The molecule has 0 unspecified atom stereocenters. The number of benzene rings is 2. The summed E-state index contributed by atoms with van der Waals surface area (Å²) in [7, 11) is 4.83. The summed E-state index contributed by atoms with van der Waals surface area (Å²) in [5.74, 6) is 2.21. The number of rotatable bonds is 4. The van der Waals surface area contributed by atoms with Gasteiger partial charge in [0.2, 0.25) is 0 Å². The number of fused-ring (bicyclic) bond motifs is 1. The predicted octanol–water partition coefficient (Wildman–Crippen LogP) is 3.53. The molecule has 0 N–H and O–H groups in total. The van der Waals surface area contributed by atoms with Crippen molar-refractivity contribution in [2.24, 2.45) is 0 Å². The van der Waals surface area contributed by atoms with Gasteiger partial charge in [-0.05, 0) is 47.5 Å². The Morgan fingerprint density at radius 2 is 1.52 bits per heavy atom. The lowest BCUT2D eigenvalue weighted by atomic mass is 10.1. The molecular formula is C19H18O4. The number of allylic oxidation sites excluding steroid dienone is 1. The maximum absolute atomic E-state index is 12.5. The molecule has 0 amide bonds. The zero-order chi connectivity index (χ0) is 16.4. The van der Waals surface area contributed by atoms with Crippen LogP contribution >= 0.6 is 0 Å². The Morgan fingerprint density at radius 3 is 2.13 bits per heavy atom. The highest BCUT2D eigenvalue weighted by molar-refractivity contribution is 6.15. The number of carbonyl (C=O) groups is 1. The molecule has 0 saturated carbocycles. The van der Waals surface area contributed by atoms with Crippen LogP contribution in [-0.4, -0.2) is 27.1 Å². The molecule has 2 aromatic carbocycles. The SMILES string of the molecule is COc1cc(C=C2Cc3cc(OC)ccc3C2=O)cc(OC)c1. The second kappa shape index (κ2) is 6.16. The lowest BCUT2D eigenvalue weighted by molar-refractivity contribution is 0.104. The van der Waals surface area contributed by atoms with Crippen LogP contribution in [0.5, 0.6) is 17.2 Å². The van der Waals surface area contributed by atoms with Crippen LogP contribution in [-0.2, 0) is 6.42 Å². The highest BCUT2D eigenvalue weighted by Gasteiger charge is 2.25. The zero-order valence-electron chi connectivity index (χ0n) is 13.4. The summed E-state index contributed by atoms with van der Waals surface area (Å²) in [6.45, 7) is 0. The summed E-state index contributed by atoms with van der Waals surface area (Å²) >= 11 is 0. The highest BCUT2D eigenvalue weighted by atomic mass is 16.5. The smallest absolute Gasteiger partial charge is 0.189 e. The van der Waals surface area contributed by atoms with E-state index in [0.29, 0.717) is 17.9 Å². The summed E-state index contributed by atoms with van der Waals surface area (Å²) < 4.78 is 15.8. The van der Waals surface area contributed by atoms with Gasteiger partial charge in [0.1, 0.15) is 17.2 Å². The molecule has 0 atom stereocenters. The molecule has 0 fully saturated rings. The molecule has 0 heterocycles. The fourth-order valence-electron chi connectivity index (χ4n) is 2.75. The largest absolute Gasteiger partial charge is 0.497 e. The first-order valence-electron chi connectivity index (χ1n) is 7.30. The summed E-state index contributed by atoms with van der Waals surface area (Å²) in [6.07, 6.45) is 2.49. The van der Waals surface area contributed by atoms with Gasteiger partial charge in [-0.3, -0.25) is 4.79 Å². The average molecular weight is 310 g/mol. The van der Waals surface area contributed by atoms with Crippen molar-refractivity contribution in [3.05, 3.63) is 58.7 Å². The molecule has 4 heteroatoms. The first-order chi connectivity index (χ1) is 11.1. The van der Waals surface area contributed by atoms with E-state index in [1.807, 2.05) is 36.4 Å². The lowest BCUT2D eigenvalue weighted by Crippen LogP contribution is -1.96. The van der Waals surface area contributed by atoms with Crippen LogP contribution in [0.4, 0.5) is 0 Å². The molecule has 23 heavy (non-hydrogen) atoms. The van der Waals surface area contributed by atoms with Crippen molar-refractivity contribution in [2.45, 2.75) is 6.42 Å². The summed E-state index contributed by atoms with van der Waals surface area (Å²) in [6, 6.07) is 11.1. The zero-order valence-corrected chi connectivity index (χ0v) is 13.4. The molecule has 1 aliphatic rings. The normalized spacial score (nSPS) is 14.7. The van der Waals surface area contributed by atoms with Gasteiger partial charge in [-0.1, -0.05) is 0 Å². The van der Waals surface area contributed by atoms with Gasteiger partial charge in [0.15, 0.2) is 5.78 Å². The van der Waals surface area contributed by atoms with Gasteiger partial charge in [-0.25, -0.2) is 0 Å². The Balaban J connectivity index is 1.97. The van der Waals surface area contributed by atoms with Crippen molar-refractivity contribution >= 4 is 11.9 Å². The molecule has 2 aromatic rings. The predicted molar refractivity (Wildman–Crippen MR) is 88.6 cm³/mol. The molecule has 3 rings (SSSR count). The van der Waals surface area contributed by atoms with E-state index < -0.39 is 0 Å². The van der Waals surface area contributed by atoms with E-state index in [9.17, 15) is 4.79 Å². The lowest BCUT2D eigenvalue weighted by Gasteiger charge is -2.06. The number of Topliss-reactive ketones (excluding diaryl/α,β-unsaturated/α-hetero) is 1. The third-order valence-electron chi connectivity index (χ3n) is 3.94. The van der Waals surface area contributed by atoms with E-state index in [0.717, 1.165) is 28.0 Å². The molecule has 0 aromatic heterocycles. The molecule has 0 radical (unpaired) electrons. The highest BCUT2D eigenvalue weighted by Crippen LogP contribution is 2.32. The molecule has 4 nitrogen and oxygen atoms in total. The van der Waals surface area contributed by atoms with Crippen molar-refractivity contribution in [3.63, 3.8) is 0 Å². The van der Waals surface area contributed by atoms with Crippen molar-refractivity contribution in [3.8, 4) is 17.2 Å². The van der Waals surface area contributed by atoms with Gasteiger partial charge in [0.05, 0.1) is 21.3 Å². The summed E-state index contributed by atoms with van der Waals surface area (Å²) in [5.41, 5.74) is 3.37. The summed E-state index contributed by atoms with van der Waals surface area (Å²) in [4.78, 5) is 12.5. The fourth-order valence-corrected chi connectivity index (χ4v) is 2.75. The van der Waals surface area contributed by atoms with Crippen LogP contribution in [0.3, 0.4) is 0 Å². The van der Waals surface area contributed by atoms with Crippen molar-refractivity contribution in [2.75, 3.05) is 21.3 Å². The first-order valence-corrected chi connectivity index (χ1v) is 7.30. The van der Waals surface area contributed by atoms with Crippen molar-refractivity contribution in [1.82, 2.24) is 0 Å². The molecule has 1 aliphatic carbocycles. The number of carbonyl (C=O) groups excluding carboxylic acids is 1. The Kier molecular flexibility index (Phi) is 4.06. The second-order valence-electron chi connectivity index (χ2n) is 5.34. The third kappa shape index (κ3) is 2.93. The number of ether oxygens (including phenoxy) is 3. The van der Waals surface area contributed by atoms with Gasteiger partial charge >= 0.3 is 0 Å². The summed E-state index contributed by atoms with van der Waals surface area (Å²) in [5, 5.41) is 0. The Labute approximate surface area is 135 Å². The third-order valence-corrected chi connectivity index (χ3v) is 3.94. The Bertz CT molecular complexity index is 768. The number of methoxy groups -OCH3 is 3. The number of ketones is 1. The van der Waals surface area contributed by atoms with Gasteiger partial charge < -0.3 is 14.2 Å². The minimum absolute atomic E-state index is 0.0597. The number of hydrogen-bond donors (Lipinski definition) is 0. The molecule has 0 bridgehead atoms. The van der Waals surface area contributed by atoms with Crippen LogP contribution in [0.2, 0.25) is 0 Å². The average Bonchev–Trinajstić information content (AvgIpc) is 2.89. The van der Waals surface area contributed by atoms with Crippen LogP contribution in [0.1, 0.15) is 21.5 Å². The van der Waals surface area contributed by atoms with Gasteiger partial charge in [0.25, 0.3) is 0 Å². The van der Waals surface area contributed by atoms with Crippen LogP contribution in [0.25, 0.3) is 6.08 Å². The minimum Gasteiger partial charge on any atom is -0.497 e. The van der Waals surface area contributed by atoms with Crippen LogP contribution in [0.15, 0.2) is 42.0 Å². The maximum atomic E-state index is 12.5. The van der Waals surface area contributed by atoms with E-state index in [1.54, 1.807) is 27.4 Å². The van der Waals surface area contributed by atoms with E-state index in [2.05, 4.69) is 0 Å². The monoisotopic (exact) mass is 310 g/mol.